The second kappa shape index (κ2) is 9.30. The predicted molar refractivity (Wildman–Crippen MR) is 72.6 cm³/mol. The third-order valence-electron chi connectivity index (χ3n) is 2.98. The number of hydrogen-bond acceptors (Lipinski definition) is 4. The van der Waals surface area contributed by atoms with Crippen LogP contribution in [-0.2, 0) is 9.53 Å². The molecule has 1 amide bonds. The van der Waals surface area contributed by atoms with Gasteiger partial charge >= 0.3 is 0 Å². The van der Waals surface area contributed by atoms with Crippen molar-refractivity contribution in [3.63, 3.8) is 0 Å². The summed E-state index contributed by atoms with van der Waals surface area (Å²) in [4.78, 5) is 13.8. The first-order valence-corrected chi connectivity index (χ1v) is 6.96. The van der Waals surface area contributed by atoms with Crippen molar-refractivity contribution >= 4 is 5.91 Å². The molecule has 0 aromatic carbocycles. The number of nitrogens with one attached hydrogen (secondary N) is 2. The Labute approximate surface area is 110 Å². The maximum absolute atomic E-state index is 11.6. The molecule has 1 rings (SSSR count). The molecule has 5 heteroatoms. The van der Waals surface area contributed by atoms with E-state index in [0.717, 1.165) is 39.2 Å². The van der Waals surface area contributed by atoms with Crippen LogP contribution in [-0.4, -0.2) is 63.3 Å². The van der Waals surface area contributed by atoms with Crippen LogP contribution in [0.15, 0.2) is 0 Å². The van der Waals surface area contributed by atoms with Gasteiger partial charge in [0.15, 0.2) is 0 Å². The van der Waals surface area contributed by atoms with Gasteiger partial charge in [0.25, 0.3) is 0 Å². The van der Waals surface area contributed by atoms with Crippen LogP contribution in [0.2, 0.25) is 0 Å². The Morgan fingerprint density at radius 3 is 2.72 bits per heavy atom. The van der Waals surface area contributed by atoms with E-state index >= 15 is 0 Å². The van der Waals surface area contributed by atoms with E-state index < -0.39 is 0 Å². The molecule has 0 aliphatic carbocycles. The highest BCUT2D eigenvalue weighted by molar-refractivity contribution is 5.77. The molecule has 5 nitrogen and oxygen atoms in total. The van der Waals surface area contributed by atoms with E-state index in [1.165, 1.54) is 0 Å². The van der Waals surface area contributed by atoms with Crippen LogP contribution in [0.3, 0.4) is 0 Å². The summed E-state index contributed by atoms with van der Waals surface area (Å²) in [6, 6.07) is 0. The summed E-state index contributed by atoms with van der Waals surface area (Å²) in [6.07, 6.45) is 1.08. The van der Waals surface area contributed by atoms with E-state index in [-0.39, 0.29) is 5.91 Å². The minimum atomic E-state index is 0.101. The SMILES string of the molecule is CC(C)CCOCCNC(=O)CN1CCNCC1. The van der Waals surface area contributed by atoms with Crippen molar-refractivity contribution in [1.82, 2.24) is 15.5 Å². The van der Waals surface area contributed by atoms with E-state index in [1.807, 2.05) is 0 Å². The monoisotopic (exact) mass is 257 g/mol. The third kappa shape index (κ3) is 7.63. The van der Waals surface area contributed by atoms with Crippen molar-refractivity contribution in [2.24, 2.45) is 5.92 Å². The summed E-state index contributed by atoms with van der Waals surface area (Å²) >= 11 is 0. The number of carbonyl (C=O) groups is 1. The number of piperazine rings is 1. The van der Waals surface area contributed by atoms with E-state index in [0.29, 0.717) is 25.6 Å². The van der Waals surface area contributed by atoms with Gasteiger partial charge in [0.05, 0.1) is 13.2 Å². The zero-order valence-corrected chi connectivity index (χ0v) is 11.7. The van der Waals surface area contributed by atoms with Gasteiger partial charge < -0.3 is 15.4 Å². The maximum atomic E-state index is 11.6. The lowest BCUT2D eigenvalue weighted by atomic mass is 10.1. The van der Waals surface area contributed by atoms with Crippen LogP contribution in [0.25, 0.3) is 0 Å². The lowest BCUT2D eigenvalue weighted by molar-refractivity contribution is -0.122. The second-order valence-electron chi connectivity index (χ2n) is 5.17. The highest BCUT2D eigenvalue weighted by Gasteiger charge is 2.12. The van der Waals surface area contributed by atoms with Crippen LogP contribution in [0.4, 0.5) is 0 Å². The van der Waals surface area contributed by atoms with E-state index in [9.17, 15) is 4.79 Å². The lowest BCUT2D eigenvalue weighted by Crippen LogP contribution is -2.47. The van der Waals surface area contributed by atoms with Crippen LogP contribution >= 0.6 is 0 Å². The van der Waals surface area contributed by atoms with Crippen LogP contribution in [0, 0.1) is 5.92 Å². The number of amides is 1. The molecule has 0 atom stereocenters. The number of nitrogens with zero attached hydrogens (tertiary/aromatic N) is 1. The standard InChI is InChI=1S/C13H27N3O2/c1-12(2)3-9-18-10-6-15-13(17)11-16-7-4-14-5-8-16/h12,14H,3-11H2,1-2H3,(H,15,17). The first-order chi connectivity index (χ1) is 8.68. The molecule has 2 N–H and O–H groups in total. The molecule has 1 fully saturated rings. The summed E-state index contributed by atoms with van der Waals surface area (Å²) in [5.41, 5.74) is 0. The van der Waals surface area contributed by atoms with Crippen molar-refractivity contribution in [2.45, 2.75) is 20.3 Å². The molecular formula is C13H27N3O2. The minimum absolute atomic E-state index is 0.101. The molecule has 0 radical (unpaired) electrons. The van der Waals surface area contributed by atoms with Gasteiger partial charge in [-0.3, -0.25) is 9.69 Å². The molecule has 0 spiro atoms. The van der Waals surface area contributed by atoms with Gasteiger partial charge in [0.1, 0.15) is 0 Å². The Morgan fingerprint density at radius 1 is 1.33 bits per heavy atom. The molecule has 1 heterocycles. The first kappa shape index (κ1) is 15.4. The Bertz CT molecular complexity index is 228. The van der Waals surface area contributed by atoms with Crippen molar-refractivity contribution in [3.05, 3.63) is 0 Å². The molecule has 0 saturated carbocycles. The number of carbonyl (C=O) groups excluding carboxylic acids is 1. The molecule has 0 bridgehead atoms. The lowest BCUT2D eigenvalue weighted by Gasteiger charge is -2.26. The van der Waals surface area contributed by atoms with Crippen molar-refractivity contribution in [3.8, 4) is 0 Å². The fourth-order valence-electron chi connectivity index (χ4n) is 1.81. The zero-order valence-electron chi connectivity index (χ0n) is 11.7. The normalized spacial score (nSPS) is 17.1. The van der Waals surface area contributed by atoms with E-state index in [1.54, 1.807) is 0 Å². The highest BCUT2D eigenvalue weighted by Crippen LogP contribution is 1.98. The largest absolute Gasteiger partial charge is 0.380 e. The molecule has 1 aliphatic rings. The number of hydrogen-bond donors (Lipinski definition) is 2. The molecule has 106 valence electrons. The average molecular weight is 257 g/mol. The first-order valence-electron chi connectivity index (χ1n) is 6.96. The molecule has 0 unspecified atom stereocenters. The Hall–Kier alpha value is -0.650. The van der Waals surface area contributed by atoms with Crippen LogP contribution in [0.5, 0.6) is 0 Å². The molecule has 1 saturated heterocycles. The Balaban J connectivity index is 1.93. The minimum Gasteiger partial charge on any atom is -0.380 e. The fourth-order valence-corrected chi connectivity index (χ4v) is 1.81. The van der Waals surface area contributed by atoms with Crippen molar-refractivity contribution in [2.75, 3.05) is 52.5 Å². The van der Waals surface area contributed by atoms with Crippen molar-refractivity contribution < 1.29 is 9.53 Å². The molecule has 18 heavy (non-hydrogen) atoms. The Kier molecular flexibility index (Phi) is 7.96. The summed E-state index contributed by atoms with van der Waals surface area (Å²) < 4.78 is 5.45. The summed E-state index contributed by atoms with van der Waals surface area (Å²) in [6.45, 7) is 10.7. The molecular weight excluding hydrogens is 230 g/mol. The number of rotatable bonds is 8. The van der Waals surface area contributed by atoms with Gasteiger partial charge in [-0.05, 0) is 12.3 Å². The molecule has 0 aromatic rings. The summed E-state index contributed by atoms with van der Waals surface area (Å²) in [5, 5.41) is 6.16. The van der Waals surface area contributed by atoms with Crippen molar-refractivity contribution in [1.29, 1.82) is 0 Å². The van der Waals surface area contributed by atoms with Gasteiger partial charge in [-0.25, -0.2) is 0 Å². The van der Waals surface area contributed by atoms with Crippen LogP contribution < -0.4 is 10.6 Å². The second-order valence-corrected chi connectivity index (χ2v) is 5.17. The fraction of sp³-hybridized carbons (Fsp3) is 0.923. The van der Waals surface area contributed by atoms with Gasteiger partial charge in [-0.2, -0.15) is 0 Å². The summed E-state index contributed by atoms with van der Waals surface area (Å²) in [5.74, 6) is 0.775. The maximum Gasteiger partial charge on any atom is 0.234 e. The summed E-state index contributed by atoms with van der Waals surface area (Å²) in [7, 11) is 0. The van der Waals surface area contributed by atoms with Gasteiger partial charge in [-0.1, -0.05) is 13.8 Å². The average Bonchev–Trinajstić information content (AvgIpc) is 2.34. The quantitative estimate of drug-likeness (QED) is 0.604. The zero-order chi connectivity index (χ0) is 13.2. The topological polar surface area (TPSA) is 53.6 Å². The van der Waals surface area contributed by atoms with Gasteiger partial charge in [0, 0.05) is 39.3 Å². The van der Waals surface area contributed by atoms with E-state index in [4.69, 9.17) is 4.74 Å². The third-order valence-corrected chi connectivity index (χ3v) is 2.98. The highest BCUT2D eigenvalue weighted by atomic mass is 16.5. The van der Waals surface area contributed by atoms with Gasteiger partial charge in [0.2, 0.25) is 5.91 Å². The number of ether oxygens (including phenoxy) is 1. The predicted octanol–water partition coefficient (Wildman–Crippen LogP) is 0.0705. The smallest absolute Gasteiger partial charge is 0.234 e. The van der Waals surface area contributed by atoms with Crippen LogP contribution in [0.1, 0.15) is 20.3 Å². The Morgan fingerprint density at radius 2 is 2.06 bits per heavy atom. The molecule has 0 aromatic heterocycles. The molecule has 1 aliphatic heterocycles. The van der Waals surface area contributed by atoms with Gasteiger partial charge in [-0.15, -0.1) is 0 Å². The van der Waals surface area contributed by atoms with E-state index in [2.05, 4.69) is 29.4 Å².